The van der Waals surface area contributed by atoms with Crippen LogP contribution in [-0.2, 0) is 39.1 Å². The minimum absolute atomic E-state index is 0.0786. The van der Waals surface area contributed by atoms with Gasteiger partial charge in [-0.3, -0.25) is 14.3 Å². The molecule has 4 aromatic carbocycles. The molecule has 0 radical (unpaired) electrons. The van der Waals surface area contributed by atoms with Crippen LogP contribution in [-0.4, -0.2) is 44.3 Å². The Kier molecular flexibility index (Phi) is 8.19. The summed E-state index contributed by atoms with van der Waals surface area (Å²) in [5.41, 5.74) is 4.24. The molecule has 9 heteroatoms. The van der Waals surface area contributed by atoms with Crippen molar-refractivity contribution >= 4 is 38.3 Å². The van der Waals surface area contributed by atoms with Gasteiger partial charge in [0.2, 0.25) is 11.8 Å². The van der Waals surface area contributed by atoms with Crippen LogP contribution in [0.25, 0.3) is 10.8 Å². The monoisotopic (exact) mass is 596 g/mol. The van der Waals surface area contributed by atoms with E-state index in [-0.39, 0.29) is 22.6 Å². The van der Waals surface area contributed by atoms with Crippen LogP contribution in [0.1, 0.15) is 35.1 Å². The topological polar surface area (TPSA) is 108 Å². The predicted molar refractivity (Wildman–Crippen MR) is 168 cm³/mol. The van der Waals surface area contributed by atoms with Crippen molar-refractivity contribution in [3.63, 3.8) is 0 Å². The van der Waals surface area contributed by atoms with Gasteiger partial charge in [-0.25, -0.2) is 8.42 Å². The van der Waals surface area contributed by atoms with Crippen LogP contribution < -0.4 is 15.4 Å². The number of piperidine rings is 1. The highest BCUT2D eigenvalue weighted by atomic mass is 32.2. The molecule has 0 spiro atoms. The summed E-state index contributed by atoms with van der Waals surface area (Å²) in [6.45, 7) is 4.22. The van der Waals surface area contributed by atoms with Crippen molar-refractivity contribution in [2.45, 2.75) is 50.2 Å². The Hall–Kier alpha value is -4.21. The van der Waals surface area contributed by atoms with E-state index in [1.807, 2.05) is 43.3 Å². The average Bonchev–Trinajstić information content (AvgIpc) is 3.44. The zero-order valence-electron chi connectivity index (χ0n) is 24.2. The minimum atomic E-state index is -3.75. The maximum atomic E-state index is 14.0. The van der Waals surface area contributed by atoms with Gasteiger partial charge in [0.05, 0.1) is 4.90 Å². The number of nitrogens with one attached hydrogen (secondary N) is 3. The van der Waals surface area contributed by atoms with Crippen LogP contribution in [0.3, 0.4) is 0 Å². The van der Waals surface area contributed by atoms with Gasteiger partial charge in [-0.15, -0.1) is 0 Å². The van der Waals surface area contributed by atoms with Crippen molar-refractivity contribution in [3.8, 4) is 0 Å². The lowest BCUT2D eigenvalue weighted by Crippen LogP contribution is -2.50. The molecule has 0 aromatic heterocycles. The van der Waals surface area contributed by atoms with Crippen LogP contribution in [0.4, 0.5) is 5.69 Å². The average molecular weight is 597 g/mol. The largest absolute Gasteiger partial charge is 0.344 e. The smallest absolute Gasteiger partial charge is 0.261 e. The number of rotatable bonds is 8. The molecule has 3 N–H and O–H groups in total. The van der Waals surface area contributed by atoms with Crippen LogP contribution in [0.15, 0.2) is 89.8 Å². The standard InChI is InChI=1S/C34H36N4O4S/c1-23-6-12-31(13-7-23)43(41,42)37-30-11-10-28-21-38(22-29(28)20-30)34(40)32(36-33(39)26-14-16-35-17-15-26)19-24-8-9-25-4-2-3-5-27(25)18-24/h2-13,18,20,26,32,35,37H,14-17,19,21-22H2,1H3,(H,36,39). The van der Waals surface area contributed by atoms with Gasteiger partial charge in [-0.1, -0.05) is 66.2 Å². The van der Waals surface area contributed by atoms with E-state index in [1.54, 1.807) is 41.3 Å². The second kappa shape index (κ2) is 12.2. The molecule has 8 nitrogen and oxygen atoms in total. The van der Waals surface area contributed by atoms with Gasteiger partial charge in [0.25, 0.3) is 10.0 Å². The van der Waals surface area contributed by atoms with Crippen molar-refractivity contribution in [2.75, 3.05) is 17.8 Å². The molecule has 1 unspecified atom stereocenters. The quantitative estimate of drug-likeness (QED) is 0.277. The second-order valence-corrected chi connectivity index (χ2v) is 13.2. The van der Waals surface area contributed by atoms with E-state index in [9.17, 15) is 18.0 Å². The first-order chi connectivity index (χ1) is 20.7. The third-order valence-corrected chi connectivity index (χ3v) is 9.80. The van der Waals surface area contributed by atoms with E-state index in [0.717, 1.165) is 59.0 Å². The van der Waals surface area contributed by atoms with Crippen LogP contribution in [0, 0.1) is 12.8 Å². The van der Waals surface area contributed by atoms with E-state index in [4.69, 9.17) is 0 Å². The summed E-state index contributed by atoms with van der Waals surface area (Å²) >= 11 is 0. The van der Waals surface area contributed by atoms with E-state index in [0.29, 0.717) is 25.2 Å². The van der Waals surface area contributed by atoms with E-state index >= 15 is 0 Å². The van der Waals surface area contributed by atoms with E-state index in [2.05, 4.69) is 27.5 Å². The fourth-order valence-electron chi connectivity index (χ4n) is 5.94. The normalized spacial score (nSPS) is 16.1. The molecule has 43 heavy (non-hydrogen) atoms. The summed E-state index contributed by atoms with van der Waals surface area (Å²) in [5, 5.41) is 8.60. The number of hydrogen-bond acceptors (Lipinski definition) is 5. The number of carbonyl (C=O) groups is 2. The molecule has 222 valence electrons. The van der Waals surface area contributed by atoms with Crippen molar-refractivity contribution in [2.24, 2.45) is 5.92 Å². The Morgan fingerprint density at radius 1 is 0.884 bits per heavy atom. The molecule has 6 rings (SSSR count). The SMILES string of the molecule is Cc1ccc(S(=O)(=O)Nc2ccc3c(c2)CN(C(=O)C(Cc2ccc4ccccc4c2)NC(=O)C2CCNCC2)C3)cc1. The fourth-order valence-corrected chi connectivity index (χ4v) is 6.99. The number of carbonyl (C=O) groups excluding carboxylic acids is 2. The lowest BCUT2D eigenvalue weighted by atomic mass is 9.95. The number of nitrogens with zero attached hydrogens (tertiary/aromatic N) is 1. The molecule has 1 fully saturated rings. The minimum Gasteiger partial charge on any atom is -0.344 e. The first-order valence-electron chi connectivity index (χ1n) is 14.7. The van der Waals surface area contributed by atoms with Gasteiger partial charge in [-0.2, -0.15) is 0 Å². The molecule has 0 aliphatic carbocycles. The van der Waals surface area contributed by atoms with Gasteiger partial charge < -0.3 is 15.5 Å². The summed E-state index contributed by atoms with van der Waals surface area (Å²) in [6, 6.07) is 25.6. The Bertz CT molecular complexity index is 1770. The maximum absolute atomic E-state index is 14.0. The van der Waals surface area contributed by atoms with Crippen LogP contribution in [0.2, 0.25) is 0 Å². The number of sulfonamides is 1. The highest BCUT2D eigenvalue weighted by Crippen LogP contribution is 2.28. The van der Waals surface area contributed by atoms with Crippen LogP contribution >= 0.6 is 0 Å². The third kappa shape index (κ3) is 6.58. The van der Waals surface area contributed by atoms with Gasteiger partial charge >= 0.3 is 0 Å². The molecule has 0 bridgehead atoms. The Morgan fingerprint density at radius 2 is 1.60 bits per heavy atom. The number of benzene rings is 4. The molecular formula is C34H36N4O4S. The number of aryl methyl sites for hydroxylation is 1. The summed E-state index contributed by atoms with van der Waals surface area (Å²) in [7, 11) is -3.75. The highest BCUT2D eigenvalue weighted by Gasteiger charge is 2.32. The molecule has 2 aliphatic heterocycles. The fraction of sp³-hybridized carbons (Fsp3) is 0.294. The molecule has 0 saturated carbocycles. The third-order valence-electron chi connectivity index (χ3n) is 8.40. The number of fused-ring (bicyclic) bond motifs is 2. The Morgan fingerprint density at radius 3 is 2.37 bits per heavy atom. The molecular weight excluding hydrogens is 560 g/mol. The first-order valence-corrected chi connectivity index (χ1v) is 16.2. The summed E-state index contributed by atoms with van der Waals surface area (Å²) in [6.07, 6.45) is 1.88. The molecule has 2 aliphatic rings. The van der Waals surface area contributed by atoms with Gasteiger partial charge in [0.15, 0.2) is 0 Å². The summed E-state index contributed by atoms with van der Waals surface area (Å²) in [4.78, 5) is 29.2. The molecule has 2 amide bonds. The lowest BCUT2D eigenvalue weighted by molar-refractivity contribution is -0.138. The van der Waals surface area contributed by atoms with Crippen molar-refractivity contribution in [1.82, 2.24) is 15.5 Å². The van der Waals surface area contributed by atoms with Crippen molar-refractivity contribution < 1.29 is 18.0 Å². The summed E-state index contributed by atoms with van der Waals surface area (Å²) in [5.74, 6) is -0.341. The molecule has 1 saturated heterocycles. The first kappa shape index (κ1) is 28.9. The number of hydrogen-bond donors (Lipinski definition) is 3. The molecule has 1 atom stereocenters. The predicted octanol–water partition coefficient (Wildman–Crippen LogP) is 4.52. The summed E-state index contributed by atoms with van der Waals surface area (Å²) < 4.78 is 28.6. The number of amides is 2. The van der Waals surface area contributed by atoms with Crippen molar-refractivity contribution in [3.05, 3.63) is 107 Å². The van der Waals surface area contributed by atoms with Crippen molar-refractivity contribution in [1.29, 1.82) is 0 Å². The zero-order chi connectivity index (χ0) is 30.0. The van der Waals surface area contributed by atoms with Crippen LogP contribution in [0.5, 0.6) is 0 Å². The second-order valence-electron chi connectivity index (χ2n) is 11.6. The maximum Gasteiger partial charge on any atom is 0.261 e. The Labute approximate surface area is 252 Å². The van der Waals surface area contributed by atoms with E-state index in [1.165, 1.54) is 0 Å². The highest BCUT2D eigenvalue weighted by molar-refractivity contribution is 7.92. The zero-order valence-corrected chi connectivity index (χ0v) is 25.0. The Balaban J connectivity index is 1.20. The number of anilines is 1. The molecule has 4 aromatic rings. The van der Waals surface area contributed by atoms with Gasteiger partial charge in [0.1, 0.15) is 6.04 Å². The lowest BCUT2D eigenvalue weighted by Gasteiger charge is -2.28. The van der Waals surface area contributed by atoms with Gasteiger partial charge in [0, 0.05) is 31.1 Å². The van der Waals surface area contributed by atoms with Gasteiger partial charge in [-0.05, 0) is 84.6 Å². The van der Waals surface area contributed by atoms with E-state index < -0.39 is 16.1 Å². The molecule has 2 heterocycles.